The fourth-order valence-corrected chi connectivity index (χ4v) is 2.33. The number of nitrogen functional groups attached to an aromatic ring is 1. The van der Waals surface area contributed by atoms with Crippen LogP contribution >= 0.6 is 23.2 Å². The zero-order chi connectivity index (χ0) is 12.0. The second-order valence-corrected chi connectivity index (χ2v) is 5.12. The van der Waals surface area contributed by atoms with Crippen molar-refractivity contribution in [2.24, 2.45) is 0 Å². The van der Waals surface area contributed by atoms with Crippen LogP contribution in [0, 0.1) is 0 Å². The number of halogens is 2. The van der Waals surface area contributed by atoms with E-state index in [2.05, 4.69) is 5.10 Å². The van der Waals surface area contributed by atoms with E-state index < -0.39 is 0 Å². The van der Waals surface area contributed by atoms with Gasteiger partial charge in [-0.1, -0.05) is 23.2 Å². The Balaban J connectivity index is 2.07. The van der Waals surface area contributed by atoms with Crippen LogP contribution in [-0.4, -0.2) is 9.78 Å². The van der Waals surface area contributed by atoms with Gasteiger partial charge in [-0.2, -0.15) is 5.10 Å². The lowest BCUT2D eigenvalue weighted by Gasteiger charge is -2.06. The highest BCUT2D eigenvalue weighted by Gasteiger charge is 2.27. The van der Waals surface area contributed by atoms with Crippen molar-refractivity contribution in [2.75, 3.05) is 5.73 Å². The van der Waals surface area contributed by atoms with Crippen LogP contribution in [0.1, 0.15) is 24.5 Å². The van der Waals surface area contributed by atoms with Crippen LogP contribution in [0.5, 0.6) is 0 Å². The maximum atomic E-state index is 6.14. The standard InChI is InChI=1S/C12H11Cl2N3/c13-8-3-4-11(9(14)5-8)17-12(15)6-10(16-17)7-1-2-7/h3-7H,1-2,15H2. The maximum Gasteiger partial charge on any atom is 0.127 e. The van der Waals surface area contributed by atoms with E-state index in [1.807, 2.05) is 12.1 Å². The lowest BCUT2D eigenvalue weighted by molar-refractivity contribution is 0.845. The molecule has 1 aliphatic carbocycles. The van der Waals surface area contributed by atoms with Gasteiger partial charge in [-0.25, -0.2) is 4.68 Å². The van der Waals surface area contributed by atoms with Gasteiger partial charge >= 0.3 is 0 Å². The molecular formula is C12H11Cl2N3. The zero-order valence-corrected chi connectivity index (χ0v) is 10.5. The van der Waals surface area contributed by atoms with E-state index in [0.29, 0.717) is 21.8 Å². The smallest absolute Gasteiger partial charge is 0.127 e. The van der Waals surface area contributed by atoms with Gasteiger partial charge in [-0.05, 0) is 31.0 Å². The average molecular weight is 268 g/mol. The highest BCUT2D eigenvalue weighted by Crippen LogP contribution is 2.40. The first-order chi connectivity index (χ1) is 8.15. The average Bonchev–Trinajstić information content (AvgIpc) is 3.04. The van der Waals surface area contributed by atoms with E-state index in [1.54, 1.807) is 16.8 Å². The number of hydrogen-bond acceptors (Lipinski definition) is 2. The molecule has 3 rings (SSSR count). The summed E-state index contributed by atoms with van der Waals surface area (Å²) in [5.74, 6) is 1.18. The minimum absolute atomic E-state index is 0.551. The number of aromatic nitrogens is 2. The topological polar surface area (TPSA) is 43.8 Å². The molecular weight excluding hydrogens is 257 g/mol. The van der Waals surface area contributed by atoms with Crippen molar-refractivity contribution in [3.63, 3.8) is 0 Å². The Hall–Kier alpha value is -1.19. The fraction of sp³-hybridized carbons (Fsp3) is 0.250. The van der Waals surface area contributed by atoms with E-state index in [9.17, 15) is 0 Å². The Morgan fingerprint density at radius 1 is 1.24 bits per heavy atom. The Morgan fingerprint density at radius 2 is 2.00 bits per heavy atom. The number of hydrogen-bond donors (Lipinski definition) is 1. The van der Waals surface area contributed by atoms with Crippen LogP contribution < -0.4 is 5.73 Å². The second kappa shape index (κ2) is 3.93. The summed E-state index contributed by atoms with van der Waals surface area (Å²) in [4.78, 5) is 0. The molecule has 0 atom stereocenters. The van der Waals surface area contributed by atoms with Gasteiger partial charge in [0.25, 0.3) is 0 Å². The first-order valence-electron chi connectivity index (χ1n) is 5.46. The molecule has 1 fully saturated rings. The molecule has 1 aliphatic rings. The number of rotatable bonds is 2. The predicted molar refractivity (Wildman–Crippen MR) is 70.0 cm³/mol. The Labute approximate surface area is 109 Å². The van der Waals surface area contributed by atoms with E-state index in [-0.39, 0.29) is 0 Å². The molecule has 2 aromatic rings. The third kappa shape index (κ3) is 2.01. The third-order valence-electron chi connectivity index (χ3n) is 2.89. The van der Waals surface area contributed by atoms with E-state index >= 15 is 0 Å². The summed E-state index contributed by atoms with van der Waals surface area (Å²) in [6.07, 6.45) is 2.40. The van der Waals surface area contributed by atoms with Crippen molar-refractivity contribution >= 4 is 29.0 Å². The van der Waals surface area contributed by atoms with Gasteiger partial charge in [-0.15, -0.1) is 0 Å². The van der Waals surface area contributed by atoms with E-state index in [4.69, 9.17) is 28.9 Å². The Morgan fingerprint density at radius 3 is 2.65 bits per heavy atom. The van der Waals surface area contributed by atoms with Gasteiger partial charge in [-0.3, -0.25) is 0 Å². The van der Waals surface area contributed by atoms with Crippen molar-refractivity contribution in [2.45, 2.75) is 18.8 Å². The zero-order valence-electron chi connectivity index (χ0n) is 9.03. The van der Waals surface area contributed by atoms with E-state index in [0.717, 1.165) is 11.4 Å². The first-order valence-corrected chi connectivity index (χ1v) is 6.21. The lowest BCUT2D eigenvalue weighted by atomic mass is 10.3. The summed E-state index contributed by atoms with van der Waals surface area (Å²) in [6.45, 7) is 0. The molecule has 0 unspecified atom stereocenters. The van der Waals surface area contributed by atoms with Gasteiger partial charge in [0.1, 0.15) is 5.82 Å². The molecule has 0 aliphatic heterocycles. The molecule has 5 heteroatoms. The highest BCUT2D eigenvalue weighted by atomic mass is 35.5. The summed E-state index contributed by atoms with van der Waals surface area (Å²) in [5, 5.41) is 5.65. The van der Waals surface area contributed by atoms with Crippen LogP contribution in [0.2, 0.25) is 10.0 Å². The Bertz CT molecular complexity index is 573. The maximum absolute atomic E-state index is 6.14. The van der Waals surface area contributed by atoms with Crippen molar-refractivity contribution in [3.8, 4) is 5.69 Å². The molecule has 1 saturated carbocycles. The Kier molecular flexibility index (Phi) is 2.53. The normalized spacial score (nSPS) is 15.2. The van der Waals surface area contributed by atoms with Crippen molar-refractivity contribution in [1.29, 1.82) is 0 Å². The number of nitrogens with zero attached hydrogens (tertiary/aromatic N) is 2. The van der Waals surface area contributed by atoms with Gasteiger partial charge in [0.15, 0.2) is 0 Å². The van der Waals surface area contributed by atoms with Crippen LogP contribution in [0.3, 0.4) is 0 Å². The fourth-order valence-electron chi connectivity index (χ4n) is 1.84. The molecule has 0 radical (unpaired) electrons. The number of anilines is 1. The van der Waals surface area contributed by atoms with Crippen molar-refractivity contribution in [1.82, 2.24) is 9.78 Å². The molecule has 0 spiro atoms. The quantitative estimate of drug-likeness (QED) is 0.903. The number of nitrogens with two attached hydrogens (primary N) is 1. The van der Waals surface area contributed by atoms with Crippen molar-refractivity contribution < 1.29 is 0 Å². The molecule has 1 aromatic carbocycles. The molecule has 0 bridgehead atoms. The van der Waals surface area contributed by atoms with Crippen molar-refractivity contribution in [3.05, 3.63) is 40.0 Å². The minimum Gasteiger partial charge on any atom is -0.384 e. The molecule has 1 heterocycles. The summed E-state index contributed by atoms with van der Waals surface area (Å²) < 4.78 is 1.67. The molecule has 3 nitrogen and oxygen atoms in total. The third-order valence-corrected chi connectivity index (χ3v) is 3.43. The lowest BCUT2D eigenvalue weighted by Crippen LogP contribution is -2.02. The molecule has 17 heavy (non-hydrogen) atoms. The van der Waals surface area contributed by atoms with Gasteiger partial charge in [0, 0.05) is 17.0 Å². The largest absolute Gasteiger partial charge is 0.384 e. The second-order valence-electron chi connectivity index (χ2n) is 4.28. The van der Waals surface area contributed by atoms with Gasteiger partial charge < -0.3 is 5.73 Å². The minimum atomic E-state index is 0.551. The summed E-state index contributed by atoms with van der Waals surface area (Å²) in [5.41, 5.74) is 7.77. The monoisotopic (exact) mass is 267 g/mol. The first kappa shape index (κ1) is 10.9. The molecule has 0 amide bonds. The number of benzene rings is 1. The molecule has 2 N–H and O–H groups in total. The van der Waals surface area contributed by atoms with Gasteiger partial charge in [0.05, 0.1) is 16.4 Å². The van der Waals surface area contributed by atoms with Crippen LogP contribution in [-0.2, 0) is 0 Å². The summed E-state index contributed by atoms with van der Waals surface area (Å²) >= 11 is 12.0. The highest BCUT2D eigenvalue weighted by molar-refractivity contribution is 6.35. The van der Waals surface area contributed by atoms with Crippen LogP contribution in [0.4, 0.5) is 5.82 Å². The summed E-state index contributed by atoms with van der Waals surface area (Å²) in [6, 6.07) is 7.21. The summed E-state index contributed by atoms with van der Waals surface area (Å²) in [7, 11) is 0. The SMILES string of the molecule is Nc1cc(C2CC2)nn1-c1ccc(Cl)cc1Cl. The van der Waals surface area contributed by atoms with Gasteiger partial charge in [0.2, 0.25) is 0 Å². The van der Waals surface area contributed by atoms with Crippen LogP contribution in [0.15, 0.2) is 24.3 Å². The van der Waals surface area contributed by atoms with Crippen LogP contribution in [0.25, 0.3) is 5.69 Å². The molecule has 88 valence electrons. The van der Waals surface area contributed by atoms with E-state index in [1.165, 1.54) is 12.8 Å². The molecule has 1 aromatic heterocycles. The molecule has 0 saturated heterocycles. The predicted octanol–water partition coefficient (Wildman–Crippen LogP) is 3.64.